The normalized spacial score (nSPS) is 22.0. The fourth-order valence-corrected chi connectivity index (χ4v) is 6.28. The van der Waals surface area contributed by atoms with E-state index in [4.69, 9.17) is 16.4 Å². The average Bonchev–Trinajstić information content (AvgIpc) is 3.66. The lowest BCUT2D eigenvalue weighted by Crippen LogP contribution is -2.59. The van der Waals surface area contributed by atoms with Crippen molar-refractivity contribution in [3.63, 3.8) is 0 Å². The molecule has 0 aromatic heterocycles. The van der Waals surface area contributed by atoms with Crippen molar-refractivity contribution in [2.24, 2.45) is 5.41 Å². The van der Waals surface area contributed by atoms with Gasteiger partial charge in [0, 0.05) is 23.0 Å². The summed E-state index contributed by atoms with van der Waals surface area (Å²) in [5, 5.41) is 8.51. The third-order valence-corrected chi connectivity index (χ3v) is 9.15. The molecule has 0 radical (unpaired) electrons. The molecule has 4 N–H and O–H groups in total. The highest BCUT2D eigenvalue weighted by Crippen LogP contribution is 2.39. The quantitative estimate of drug-likeness (QED) is 0.246. The Hall–Kier alpha value is -4.29. The van der Waals surface area contributed by atoms with Gasteiger partial charge in [0.2, 0.25) is 23.8 Å². The third kappa shape index (κ3) is 8.48. The SMILES string of the molecule is CCC[C@H](NC(=O)[C@@H]1C[C@]2(C=C(c3cccc(Cl)c3)NO2)CN1C(=O)[C@@H](NC(=O)C(F)c1ccccc1)C(C)(C)C)C(=O)C(=O)NC1CC1. The lowest BCUT2D eigenvalue weighted by Gasteiger charge is -2.36. The van der Waals surface area contributed by atoms with Gasteiger partial charge in [-0.2, -0.15) is 0 Å². The Morgan fingerprint density at radius 1 is 1.06 bits per heavy atom. The summed E-state index contributed by atoms with van der Waals surface area (Å²) in [5.74, 6) is -3.80. The molecule has 4 amide bonds. The molecule has 49 heavy (non-hydrogen) atoms. The van der Waals surface area contributed by atoms with Gasteiger partial charge in [0.25, 0.3) is 11.8 Å². The number of ketones is 1. The molecule has 1 aliphatic carbocycles. The molecule has 0 bridgehead atoms. The first-order chi connectivity index (χ1) is 23.2. The number of nitrogens with one attached hydrogen (secondary N) is 4. The standard InChI is InChI=1S/C36H43ClFN5O6/c1-5-10-25(29(44)33(47)39-24-15-16-24)40-31(45)27-19-36(18-26(42-49-36)22-13-9-14-23(37)17-22)20-43(27)34(48)30(35(2,3)4)41-32(46)28(38)21-11-7-6-8-12-21/h6-9,11-14,17-18,24-25,27-28,30,42H,5,10,15-16,19-20H2,1-4H3,(H,39,47)(H,40,45)(H,41,46)/t25-,27-,28?,30+,36+/m0/s1. The molecule has 2 fully saturated rings. The van der Waals surface area contributed by atoms with E-state index in [1.54, 1.807) is 63.2 Å². The average molecular weight is 696 g/mol. The van der Waals surface area contributed by atoms with Crippen molar-refractivity contribution in [2.45, 2.75) is 95.7 Å². The van der Waals surface area contributed by atoms with E-state index in [9.17, 15) is 24.0 Å². The van der Waals surface area contributed by atoms with E-state index in [-0.39, 0.29) is 31.0 Å². The van der Waals surface area contributed by atoms with Gasteiger partial charge in [0.15, 0.2) is 0 Å². The number of hydroxylamine groups is 1. The van der Waals surface area contributed by atoms with Crippen molar-refractivity contribution < 1.29 is 33.2 Å². The number of likely N-dealkylation sites (tertiary alicyclic amines) is 1. The van der Waals surface area contributed by atoms with Crippen LogP contribution in [0, 0.1) is 5.41 Å². The lowest BCUT2D eigenvalue weighted by molar-refractivity contribution is -0.146. The van der Waals surface area contributed by atoms with Crippen LogP contribution in [0.5, 0.6) is 0 Å². The summed E-state index contributed by atoms with van der Waals surface area (Å²) in [6.45, 7) is 6.91. The van der Waals surface area contributed by atoms with E-state index >= 15 is 4.39 Å². The number of carbonyl (C=O) groups is 5. The van der Waals surface area contributed by atoms with Gasteiger partial charge in [-0.15, -0.1) is 0 Å². The molecule has 1 saturated carbocycles. The van der Waals surface area contributed by atoms with Crippen molar-refractivity contribution in [1.29, 1.82) is 0 Å². The van der Waals surface area contributed by atoms with E-state index in [1.807, 2.05) is 13.0 Å². The highest BCUT2D eigenvalue weighted by Gasteiger charge is 2.54. The number of hydrogen-bond acceptors (Lipinski definition) is 7. The number of amides is 4. The molecule has 5 rings (SSSR count). The predicted molar refractivity (Wildman–Crippen MR) is 181 cm³/mol. The van der Waals surface area contributed by atoms with E-state index in [1.165, 1.54) is 17.0 Å². The van der Waals surface area contributed by atoms with Gasteiger partial charge in [0.1, 0.15) is 17.7 Å². The molecule has 3 aliphatic rings. The van der Waals surface area contributed by atoms with Crippen molar-refractivity contribution in [1.82, 2.24) is 26.3 Å². The third-order valence-electron chi connectivity index (χ3n) is 8.91. The minimum absolute atomic E-state index is 0.0104. The summed E-state index contributed by atoms with van der Waals surface area (Å²) in [5.41, 5.74) is 2.26. The Morgan fingerprint density at radius 3 is 2.41 bits per heavy atom. The number of Topliss-reactive ketones (excluding diaryl/α,β-unsaturated/α-hetero) is 1. The van der Waals surface area contributed by atoms with Crippen LogP contribution in [0.4, 0.5) is 4.39 Å². The zero-order chi connectivity index (χ0) is 35.5. The summed E-state index contributed by atoms with van der Waals surface area (Å²) in [6, 6.07) is 11.4. The Kier molecular flexibility index (Phi) is 10.8. The van der Waals surface area contributed by atoms with E-state index in [2.05, 4.69) is 21.4 Å². The van der Waals surface area contributed by atoms with Gasteiger partial charge in [-0.1, -0.05) is 88.2 Å². The fourth-order valence-electron chi connectivity index (χ4n) is 6.09. The molecule has 2 aromatic carbocycles. The van der Waals surface area contributed by atoms with Crippen LogP contribution >= 0.6 is 11.6 Å². The minimum atomic E-state index is -2.03. The topological polar surface area (TPSA) is 146 Å². The molecule has 2 heterocycles. The first-order valence-corrected chi connectivity index (χ1v) is 17.0. The van der Waals surface area contributed by atoms with Crippen LogP contribution in [-0.2, 0) is 28.8 Å². The second kappa shape index (κ2) is 14.7. The highest BCUT2D eigenvalue weighted by molar-refractivity contribution is 6.38. The second-order valence-corrected chi connectivity index (χ2v) is 14.5. The molecule has 262 valence electrons. The maximum Gasteiger partial charge on any atom is 0.289 e. The van der Waals surface area contributed by atoms with E-state index in [0.29, 0.717) is 17.1 Å². The van der Waals surface area contributed by atoms with Crippen LogP contribution in [0.15, 0.2) is 60.7 Å². The summed E-state index contributed by atoms with van der Waals surface area (Å²) in [4.78, 5) is 74.9. The summed E-state index contributed by atoms with van der Waals surface area (Å²) >= 11 is 6.22. The fraction of sp³-hybridized carbons (Fsp3) is 0.472. The van der Waals surface area contributed by atoms with Gasteiger partial charge in [-0.3, -0.25) is 34.3 Å². The van der Waals surface area contributed by atoms with Gasteiger partial charge in [-0.25, -0.2) is 4.39 Å². The van der Waals surface area contributed by atoms with E-state index < -0.39 is 64.7 Å². The van der Waals surface area contributed by atoms with Crippen LogP contribution in [0.25, 0.3) is 5.70 Å². The van der Waals surface area contributed by atoms with Gasteiger partial charge in [-0.05, 0) is 48.4 Å². The highest BCUT2D eigenvalue weighted by atomic mass is 35.5. The van der Waals surface area contributed by atoms with Crippen molar-refractivity contribution in [2.75, 3.05) is 6.54 Å². The van der Waals surface area contributed by atoms with Crippen LogP contribution in [0.3, 0.4) is 0 Å². The molecule has 2 aliphatic heterocycles. The van der Waals surface area contributed by atoms with Crippen LogP contribution in [0.1, 0.15) is 77.1 Å². The number of halogens is 2. The molecule has 1 spiro atoms. The minimum Gasteiger partial charge on any atom is -0.347 e. The van der Waals surface area contributed by atoms with Crippen LogP contribution in [0.2, 0.25) is 5.02 Å². The monoisotopic (exact) mass is 695 g/mol. The van der Waals surface area contributed by atoms with E-state index in [0.717, 1.165) is 18.4 Å². The maximum atomic E-state index is 15.3. The molecule has 1 saturated heterocycles. The maximum absolute atomic E-state index is 15.3. The van der Waals surface area contributed by atoms with Gasteiger partial charge < -0.3 is 20.9 Å². The molecular weight excluding hydrogens is 653 g/mol. The predicted octanol–water partition coefficient (Wildman–Crippen LogP) is 3.93. The number of rotatable bonds is 12. The number of nitrogens with zero attached hydrogens (tertiary/aromatic N) is 1. The van der Waals surface area contributed by atoms with Gasteiger partial charge >= 0.3 is 0 Å². The number of alkyl halides is 1. The molecule has 13 heteroatoms. The first-order valence-electron chi connectivity index (χ1n) is 16.6. The number of hydrogen-bond donors (Lipinski definition) is 4. The van der Waals surface area contributed by atoms with Crippen molar-refractivity contribution >= 4 is 46.7 Å². The Balaban J connectivity index is 1.44. The number of carbonyl (C=O) groups excluding carboxylic acids is 5. The summed E-state index contributed by atoms with van der Waals surface area (Å²) < 4.78 is 15.3. The zero-order valence-corrected chi connectivity index (χ0v) is 28.8. The smallest absolute Gasteiger partial charge is 0.289 e. The second-order valence-electron chi connectivity index (χ2n) is 14.1. The first kappa shape index (κ1) is 36.0. The van der Waals surface area contributed by atoms with Crippen molar-refractivity contribution in [3.8, 4) is 0 Å². The summed E-state index contributed by atoms with van der Waals surface area (Å²) in [7, 11) is 0. The largest absolute Gasteiger partial charge is 0.347 e. The Bertz CT molecular complexity index is 1630. The molecule has 5 atom stereocenters. The Labute approximate surface area is 290 Å². The summed E-state index contributed by atoms with van der Waals surface area (Å²) in [6.07, 6.45) is 2.05. The zero-order valence-electron chi connectivity index (χ0n) is 28.1. The molecular formula is C36H43ClFN5O6. The van der Waals surface area contributed by atoms with Gasteiger partial charge in [0.05, 0.1) is 18.3 Å². The van der Waals surface area contributed by atoms with Crippen LogP contribution < -0.4 is 21.4 Å². The molecule has 1 unspecified atom stereocenters. The molecule has 11 nitrogen and oxygen atoms in total. The lowest BCUT2D eigenvalue weighted by atomic mass is 9.85. The Morgan fingerprint density at radius 2 is 1.78 bits per heavy atom. The molecule has 2 aromatic rings. The number of benzene rings is 2. The van der Waals surface area contributed by atoms with Crippen LogP contribution in [-0.4, -0.2) is 70.6 Å². The van der Waals surface area contributed by atoms with Crippen molar-refractivity contribution in [3.05, 3.63) is 76.8 Å².